The van der Waals surface area contributed by atoms with Gasteiger partial charge in [0.2, 0.25) is 5.91 Å². The van der Waals surface area contributed by atoms with Crippen LogP contribution < -0.4 is 5.32 Å². The molecule has 0 aromatic carbocycles. The Bertz CT molecular complexity index is 987. The molecule has 1 saturated heterocycles. The Hall–Kier alpha value is -1.59. The first-order valence-corrected chi connectivity index (χ1v) is 23.7. The Morgan fingerprint density at radius 2 is 1.00 bits per heavy atom. The van der Waals surface area contributed by atoms with Crippen LogP contribution in [0.15, 0.2) is 36.5 Å². The fraction of sp³-hybridized carbons (Fsp3) is 0.854. The average molecular weight is 808 g/mol. The lowest BCUT2D eigenvalue weighted by molar-refractivity contribution is -0.302. The number of hydrogen-bond donors (Lipinski definition) is 6. The molecular formula is C48H89NO8. The van der Waals surface area contributed by atoms with Crippen molar-refractivity contribution in [1.29, 1.82) is 0 Å². The van der Waals surface area contributed by atoms with Gasteiger partial charge in [0.1, 0.15) is 24.4 Å². The van der Waals surface area contributed by atoms with E-state index in [2.05, 4.69) is 43.5 Å². The molecule has 1 amide bonds. The third-order valence-electron chi connectivity index (χ3n) is 11.2. The van der Waals surface area contributed by atoms with Crippen LogP contribution in [0.25, 0.3) is 0 Å². The van der Waals surface area contributed by atoms with E-state index in [1.54, 1.807) is 6.08 Å². The second kappa shape index (κ2) is 38.6. The molecule has 7 unspecified atom stereocenters. The van der Waals surface area contributed by atoms with Crippen LogP contribution in [-0.4, -0.2) is 87.5 Å². The highest BCUT2D eigenvalue weighted by Gasteiger charge is 2.44. The molecule has 57 heavy (non-hydrogen) atoms. The summed E-state index contributed by atoms with van der Waals surface area (Å²) in [6, 6.07) is -0.823. The number of unbranched alkanes of at least 4 members (excludes halogenated alkanes) is 25. The number of carbonyl (C=O) groups excluding carboxylic acids is 1. The summed E-state index contributed by atoms with van der Waals surface area (Å²) in [7, 11) is 0. The summed E-state index contributed by atoms with van der Waals surface area (Å²) >= 11 is 0. The summed E-state index contributed by atoms with van der Waals surface area (Å²) in [5.41, 5.74) is 0. The first kappa shape index (κ1) is 53.4. The van der Waals surface area contributed by atoms with Gasteiger partial charge in [-0.05, 0) is 44.9 Å². The summed E-state index contributed by atoms with van der Waals surface area (Å²) in [6.45, 7) is 3.74. The highest BCUT2D eigenvalue weighted by molar-refractivity contribution is 5.76. The number of rotatable bonds is 39. The molecule has 0 aromatic heterocycles. The molecule has 334 valence electrons. The maximum absolute atomic E-state index is 12.9. The Balaban J connectivity index is 2.36. The summed E-state index contributed by atoms with van der Waals surface area (Å²) in [5.74, 6) is -0.192. The minimum absolute atomic E-state index is 0.192. The zero-order valence-electron chi connectivity index (χ0n) is 36.6. The Labute approximate surface area is 349 Å². The van der Waals surface area contributed by atoms with Crippen LogP contribution in [0.5, 0.6) is 0 Å². The highest BCUT2D eigenvalue weighted by Crippen LogP contribution is 2.22. The summed E-state index contributed by atoms with van der Waals surface area (Å²) in [5, 5.41) is 54.1. The first-order chi connectivity index (χ1) is 27.8. The molecule has 1 aliphatic heterocycles. The molecular weight excluding hydrogens is 719 g/mol. The molecule has 9 heteroatoms. The van der Waals surface area contributed by atoms with Gasteiger partial charge < -0.3 is 40.3 Å². The van der Waals surface area contributed by atoms with Gasteiger partial charge in [0, 0.05) is 6.42 Å². The van der Waals surface area contributed by atoms with Crippen LogP contribution >= 0.6 is 0 Å². The lowest BCUT2D eigenvalue weighted by Crippen LogP contribution is -2.60. The quantitative estimate of drug-likeness (QED) is 0.0266. The largest absolute Gasteiger partial charge is 0.394 e. The van der Waals surface area contributed by atoms with Crippen LogP contribution in [0.2, 0.25) is 0 Å². The SMILES string of the molecule is CCCCCCCCCCCCCC/C=C/CC/C=C/CC/C=C/C(O)C(COC1OC(CO)C(O)C(O)C1O)NC(=O)CCCCCCCCCCCCCC. The predicted octanol–water partition coefficient (Wildman–Crippen LogP) is 10.1. The van der Waals surface area contributed by atoms with Gasteiger partial charge in [-0.25, -0.2) is 0 Å². The molecule has 0 radical (unpaired) electrons. The average Bonchev–Trinajstić information content (AvgIpc) is 3.21. The third kappa shape index (κ3) is 29.3. The normalized spacial score (nSPS) is 21.3. The van der Waals surface area contributed by atoms with E-state index in [0.717, 1.165) is 44.9 Å². The van der Waals surface area contributed by atoms with Gasteiger partial charge in [-0.2, -0.15) is 0 Å². The van der Waals surface area contributed by atoms with E-state index >= 15 is 0 Å². The van der Waals surface area contributed by atoms with Crippen molar-refractivity contribution in [3.05, 3.63) is 36.5 Å². The zero-order valence-corrected chi connectivity index (χ0v) is 36.6. The smallest absolute Gasteiger partial charge is 0.220 e. The number of amides is 1. The van der Waals surface area contributed by atoms with E-state index < -0.39 is 49.5 Å². The predicted molar refractivity (Wildman–Crippen MR) is 235 cm³/mol. The van der Waals surface area contributed by atoms with Gasteiger partial charge in [0.05, 0.1) is 25.4 Å². The fourth-order valence-electron chi connectivity index (χ4n) is 7.36. The van der Waals surface area contributed by atoms with E-state index in [-0.39, 0.29) is 12.5 Å². The zero-order chi connectivity index (χ0) is 41.6. The second-order valence-corrected chi connectivity index (χ2v) is 16.5. The van der Waals surface area contributed by atoms with Gasteiger partial charge in [-0.15, -0.1) is 0 Å². The topological polar surface area (TPSA) is 149 Å². The molecule has 1 rings (SSSR count). The number of aliphatic hydroxyl groups is 5. The minimum Gasteiger partial charge on any atom is -0.394 e. The van der Waals surface area contributed by atoms with Crippen LogP contribution in [0.1, 0.15) is 206 Å². The van der Waals surface area contributed by atoms with Crippen molar-refractivity contribution in [2.75, 3.05) is 13.2 Å². The third-order valence-corrected chi connectivity index (χ3v) is 11.2. The molecule has 1 fully saturated rings. The van der Waals surface area contributed by atoms with Crippen molar-refractivity contribution in [2.45, 2.75) is 249 Å². The number of aliphatic hydroxyl groups excluding tert-OH is 5. The monoisotopic (exact) mass is 808 g/mol. The fourth-order valence-corrected chi connectivity index (χ4v) is 7.36. The maximum Gasteiger partial charge on any atom is 0.220 e. The van der Waals surface area contributed by atoms with Crippen molar-refractivity contribution in [3.8, 4) is 0 Å². The van der Waals surface area contributed by atoms with Gasteiger partial charge in [0.25, 0.3) is 0 Å². The van der Waals surface area contributed by atoms with Gasteiger partial charge >= 0.3 is 0 Å². The molecule has 0 saturated carbocycles. The van der Waals surface area contributed by atoms with Gasteiger partial charge in [0.15, 0.2) is 6.29 Å². The van der Waals surface area contributed by atoms with Crippen molar-refractivity contribution < 1.29 is 39.8 Å². The minimum atomic E-state index is -1.57. The summed E-state index contributed by atoms with van der Waals surface area (Å²) < 4.78 is 11.2. The van der Waals surface area contributed by atoms with Crippen LogP contribution in [0.4, 0.5) is 0 Å². The molecule has 0 aliphatic carbocycles. The standard InChI is InChI=1S/C48H89NO8/c1-3-5-7-9-11-13-15-17-18-19-20-21-22-23-24-25-26-27-29-31-33-35-37-42(51)41(40-56-48-47(55)46(54)45(53)43(39-50)57-48)49-44(52)38-36-34-32-30-28-16-14-12-10-8-6-4-2/h23-24,27,29,35,37,41-43,45-48,50-51,53-55H,3-22,25-26,28,30-34,36,38-40H2,1-2H3,(H,49,52)/b24-23+,29-27+,37-35+. The van der Waals surface area contributed by atoms with Crippen molar-refractivity contribution in [1.82, 2.24) is 5.32 Å². The van der Waals surface area contributed by atoms with Crippen molar-refractivity contribution in [2.24, 2.45) is 0 Å². The number of hydrogen-bond acceptors (Lipinski definition) is 8. The number of allylic oxidation sites excluding steroid dienone is 5. The molecule has 9 nitrogen and oxygen atoms in total. The Morgan fingerprint density at radius 3 is 1.47 bits per heavy atom. The van der Waals surface area contributed by atoms with Gasteiger partial charge in [-0.1, -0.05) is 192 Å². The van der Waals surface area contributed by atoms with Crippen molar-refractivity contribution in [3.63, 3.8) is 0 Å². The molecule has 0 aromatic rings. The lowest BCUT2D eigenvalue weighted by atomic mass is 9.99. The summed E-state index contributed by atoms with van der Waals surface area (Å²) in [4.78, 5) is 12.9. The van der Waals surface area contributed by atoms with Crippen molar-refractivity contribution >= 4 is 5.91 Å². The molecule has 6 N–H and O–H groups in total. The lowest BCUT2D eigenvalue weighted by Gasteiger charge is -2.40. The number of carbonyl (C=O) groups is 1. The molecule has 0 bridgehead atoms. The van der Waals surface area contributed by atoms with Crippen LogP contribution in [0.3, 0.4) is 0 Å². The molecule has 1 heterocycles. The Kier molecular flexibility index (Phi) is 36.2. The van der Waals surface area contributed by atoms with Gasteiger partial charge in [-0.3, -0.25) is 4.79 Å². The maximum atomic E-state index is 12.9. The molecule has 1 aliphatic rings. The molecule has 0 spiro atoms. The van der Waals surface area contributed by atoms with Crippen LogP contribution in [0, 0.1) is 0 Å². The Morgan fingerprint density at radius 1 is 0.579 bits per heavy atom. The summed E-state index contributed by atoms with van der Waals surface area (Å²) in [6.07, 6.45) is 40.5. The van der Waals surface area contributed by atoms with E-state index in [0.29, 0.717) is 6.42 Å². The first-order valence-electron chi connectivity index (χ1n) is 23.7. The van der Waals surface area contributed by atoms with E-state index in [4.69, 9.17) is 9.47 Å². The van der Waals surface area contributed by atoms with E-state index in [1.165, 1.54) is 141 Å². The van der Waals surface area contributed by atoms with Crippen LogP contribution in [-0.2, 0) is 14.3 Å². The molecule has 7 atom stereocenters. The number of ether oxygens (including phenoxy) is 2. The highest BCUT2D eigenvalue weighted by atomic mass is 16.7. The number of nitrogens with one attached hydrogen (secondary N) is 1. The van der Waals surface area contributed by atoms with E-state index in [9.17, 15) is 30.3 Å². The van der Waals surface area contributed by atoms with E-state index in [1.807, 2.05) is 6.08 Å². The second-order valence-electron chi connectivity index (χ2n) is 16.5.